The third kappa shape index (κ3) is 9.08. The van der Waals surface area contributed by atoms with Crippen molar-refractivity contribution in [3.8, 4) is 0 Å². The van der Waals surface area contributed by atoms with Crippen molar-refractivity contribution in [2.45, 2.75) is 13.3 Å². The predicted molar refractivity (Wildman–Crippen MR) is 76.1 cm³/mol. The minimum Gasteiger partial charge on any atom is -0.448 e. The molecule has 0 aromatic heterocycles. The Labute approximate surface area is 110 Å². The first-order chi connectivity index (χ1) is 8.11. The van der Waals surface area contributed by atoms with E-state index in [2.05, 4.69) is 18.0 Å². The average molecular weight is 277 g/mol. The Morgan fingerprint density at radius 3 is 2.82 bits per heavy atom. The summed E-state index contributed by atoms with van der Waals surface area (Å²) in [6, 6.07) is 0. The molecule has 0 rings (SSSR count). The van der Waals surface area contributed by atoms with E-state index in [1.54, 1.807) is 28.6 Å². The summed E-state index contributed by atoms with van der Waals surface area (Å²) in [7, 11) is 6.36. The first-order valence-electron chi connectivity index (χ1n) is 5.19. The average Bonchev–Trinajstić information content (AvgIpc) is 2.32. The smallest absolute Gasteiger partial charge is 0.423 e. The highest BCUT2D eigenvalue weighted by atomic mass is 33.1. The van der Waals surface area contributed by atoms with Gasteiger partial charge in [0.1, 0.15) is 11.7 Å². The lowest BCUT2D eigenvalue weighted by Gasteiger charge is -2.09. The van der Waals surface area contributed by atoms with Crippen LogP contribution in [0.15, 0.2) is 17.1 Å². The number of carbonyl (C=O) groups excluding carboxylic acids is 1. The Morgan fingerprint density at radius 2 is 2.29 bits per heavy atom. The van der Waals surface area contributed by atoms with Crippen LogP contribution in [0.3, 0.4) is 0 Å². The second kappa shape index (κ2) is 10.5. The monoisotopic (exact) mass is 277 g/mol. The molecule has 0 aliphatic carbocycles. The van der Waals surface area contributed by atoms with E-state index >= 15 is 0 Å². The molecule has 0 unspecified atom stereocenters. The minimum absolute atomic E-state index is 0.340. The molecule has 7 heteroatoms. The van der Waals surface area contributed by atoms with Crippen molar-refractivity contribution in [3.05, 3.63) is 12.2 Å². The number of carbonyl (C=O) groups is 1. The molecule has 17 heavy (non-hydrogen) atoms. The maximum atomic E-state index is 11.0. The summed E-state index contributed by atoms with van der Waals surface area (Å²) in [6.07, 6.45) is 4.51. The predicted octanol–water partition coefficient (Wildman–Crippen LogP) is 2.30. The second-order valence-electron chi connectivity index (χ2n) is 3.00. The first-order valence-corrected chi connectivity index (χ1v) is 7.51. The van der Waals surface area contributed by atoms with Gasteiger partial charge in [-0.15, -0.1) is 0 Å². The van der Waals surface area contributed by atoms with Crippen molar-refractivity contribution in [1.82, 2.24) is 5.01 Å². The molecule has 5 nitrogen and oxygen atoms in total. The van der Waals surface area contributed by atoms with Crippen LogP contribution in [0.5, 0.6) is 0 Å². The highest BCUT2D eigenvalue weighted by Gasteiger charge is 2.04. The third-order valence-corrected chi connectivity index (χ3v) is 3.85. The molecule has 0 aromatic rings. The summed E-state index contributed by atoms with van der Waals surface area (Å²) < 4.78 is 4.87. The lowest BCUT2D eigenvalue weighted by molar-refractivity contribution is 0.117. The fourth-order valence-electron chi connectivity index (χ4n) is 0.725. The number of nitrogens with two attached hydrogens (primary N) is 1. The van der Waals surface area contributed by atoms with Gasteiger partial charge in [0.25, 0.3) is 0 Å². The molecule has 0 spiro atoms. The molecule has 0 radical (unpaired) electrons. The third-order valence-electron chi connectivity index (χ3n) is 1.54. The zero-order chi connectivity index (χ0) is 13.1. The zero-order valence-electron chi connectivity index (χ0n) is 10.4. The Kier molecular flexibility index (Phi) is 10.1. The summed E-state index contributed by atoms with van der Waals surface area (Å²) >= 11 is 0. The summed E-state index contributed by atoms with van der Waals surface area (Å²) in [5, 5.41) is 1.87. The number of ether oxygens (including phenoxy) is 1. The number of nitrogens with zero attached hydrogens (tertiary/aromatic N) is 2. The van der Waals surface area contributed by atoms with E-state index in [9.17, 15) is 4.79 Å². The molecular formula is C10H19N3O2S2. The number of hydrogen-bond acceptors (Lipinski definition) is 6. The number of hydrazine groups is 1. The topological polar surface area (TPSA) is 67.9 Å². The van der Waals surface area contributed by atoms with Gasteiger partial charge in [-0.25, -0.2) is 15.6 Å². The van der Waals surface area contributed by atoms with Gasteiger partial charge in [-0.1, -0.05) is 23.8 Å². The zero-order valence-corrected chi connectivity index (χ0v) is 12.0. The van der Waals surface area contributed by atoms with Crippen LogP contribution in [0, 0.1) is 0 Å². The van der Waals surface area contributed by atoms with Crippen LogP contribution in [0.4, 0.5) is 4.79 Å². The van der Waals surface area contributed by atoms with E-state index in [0.29, 0.717) is 12.4 Å². The molecule has 0 bridgehead atoms. The molecule has 0 aliphatic heterocycles. The highest BCUT2D eigenvalue weighted by molar-refractivity contribution is 8.82. The maximum Gasteiger partial charge on any atom is 0.423 e. The lowest BCUT2D eigenvalue weighted by atomic mass is 10.4. The standard InChI is InChI=1S/C10H19N3O2S2/c1-4-5-6-9(12-2)17-16-8-7-15-10(14)13(3)11/h5-6H,4,7-8,11H2,1-3H3/b6-5-,12-9?. The van der Waals surface area contributed by atoms with Gasteiger partial charge in [-0.3, -0.25) is 4.99 Å². The minimum atomic E-state index is -0.522. The van der Waals surface area contributed by atoms with Gasteiger partial charge in [0, 0.05) is 19.8 Å². The van der Waals surface area contributed by atoms with Crippen molar-refractivity contribution >= 4 is 32.7 Å². The Hall–Kier alpha value is -0.660. The van der Waals surface area contributed by atoms with Gasteiger partial charge in [-0.2, -0.15) is 0 Å². The van der Waals surface area contributed by atoms with Crippen LogP contribution < -0.4 is 5.84 Å². The van der Waals surface area contributed by atoms with Crippen LogP contribution in [0.1, 0.15) is 13.3 Å². The van der Waals surface area contributed by atoms with Crippen molar-refractivity contribution in [1.29, 1.82) is 0 Å². The van der Waals surface area contributed by atoms with E-state index in [4.69, 9.17) is 10.6 Å². The molecule has 0 aliphatic rings. The van der Waals surface area contributed by atoms with Crippen LogP contribution in [0.2, 0.25) is 0 Å². The summed E-state index contributed by atoms with van der Waals surface area (Å²) in [5.41, 5.74) is 0. The Morgan fingerprint density at radius 1 is 1.59 bits per heavy atom. The van der Waals surface area contributed by atoms with Gasteiger partial charge < -0.3 is 4.74 Å². The quantitative estimate of drug-likeness (QED) is 0.153. The van der Waals surface area contributed by atoms with Crippen molar-refractivity contribution in [2.75, 3.05) is 26.5 Å². The van der Waals surface area contributed by atoms with Crippen molar-refractivity contribution in [2.24, 2.45) is 10.8 Å². The lowest BCUT2D eigenvalue weighted by Crippen LogP contribution is -2.34. The SMILES string of the molecule is CC/C=C\C(=NC)SSCCOC(=O)N(C)N. The summed E-state index contributed by atoms with van der Waals surface area (Å²) in [4.78, 5) is 15.1. The van der Waals surface area contributed by atoms with Crippen LogP contribution >= 0.6 is 21.6 Å². The summed E-state index contributed by atoms with van der Waals surface area (Å²) in [6.45, 7) is 2.41. The Bertz CT molecular complexity index is 281. The van der Waals surface area contributed by atoms with E-state index in [0.717, 1.165) is 16.5 Å². The van der Waals surface area contributed by atoms with Crippen molar-refractivity contribution in [3.63, 3.8) is 0 Å². The summed E-state index contributed by atoms with van der Waals surface area (Å²) in [5.74, 6) is 5.89. The molecule has 0 aromatic carbocycles. The van der Waals surface area contributed by atoms with E-state index in [1.807, 2.05) is 6.08 Å². The van der Waals surface area contributed by atoms with Gasteiger partial charge in [0.05, 0.1) is 0 Å². The number of allylic oxidation sites excluding steroid dienone is 1. The molecule has 0 heterocycles. The van der Waals surface area contributed by atoms with Gasteiger partial charge >= 0.3 is 6.09 Å². The number of rotatable bonds is 6. The van der Waals surface area contributed by atoms with E-state index in [-0.39, 0.29) is 0 Å². The fourth-order valence-corrected chi connectivity index (χ4v) is 2.51. The highest BCUT2D eigenvalue weighted by Crippen LogP contribution is 2.23. The first kappa shape index (κ1) is 16.3. The maximum absolute atomic E-state index is 11.0. The molecular weight excluding hydrogens is 258 g/mol. The fraction of sp³-hybridized carbons (Fsp3) is 0.600. The normalized spacial score (nSPS) is 11.9. The second-order valence-corrected chi connectivity index (χ2v) is 5.44. The van der Waals surface area contributed by atoms with E-state index in [1.165, 1.54) is 7.05 Å². The van der Waals surface area contributed by atoms with Crippen LogP contribution in [-0.2, 0) is 4.74 Å². The van der Waals surface area contributed by atoms with Gasteiger partial charge in [0.2, 0.25) is 0 Å². The van der Waals surface area contributed by atoms with Gasteiger partial charge in [-0.05, 0) is 23.3 Å². The van der Waals surface area contributed by atoms with E-state index < -0.39 is 6.09 Å². The number of aliphatic imine (C=N–C) groups is 1. The Balaban J connectivity index is 3.63. The van der Waals surface area contributed by atoms with Crippen LogP contribution in [0.25, 0.3) is 0 Å². The molecule has 0 saturated heterocycles. The van der Waals surface area contributed by atoms with Gasteiger partial charge in [0.15, 0.2) is 0 Å². The molecule has 0 fully saturated rings. The number of hydrogen-bond donors (Lipinski definition) is 1. The number of amides is 1. The molecule has 2 N–H and O–H groups in total. The molecule has 0 saturated carbocycles. The molecule has 1 amide bonds. The van der Waals surface area contributed by atoms with Crippen LogP contribution in [-0.4, -0.2) is 42.6 Å². The molecule has 98 valence electrons. The van der Waals surface area contributed by atoms with Crippen molar-refractivity contribution < 1.29 is 9.53 Å². The molecule has 0 atom stereocenters. The largest absolute Gasteiger partial charge is 0.448 e.